The van der Waals surface area contributed by atoms with Gasteiger partial charge in [-0.25, -0.2) is 9.97 Å². The maximum atomic E-state index is 12.1. The first-order chi connectivity index (χ1) is 11.5. The molecule has 2 rings (SSSR count). The second-order valence-corrected chi connectivity index (χ2v) is 5.17. The molecule has 0 aliphatic rings. The van der Waals surface area contributed by atoms with Crippen molar-refractivity contribution >= 4 is 11.6 Å². The number of H-pyrrole nitrogens is 1. The molecule has 0 aliphatic heterocycles. The maximum Gasteiger partial charge on any atom is 0.254 e. The van der Waals surface area contributed by atoms with Crippen molar-refractivity contribution in [2.45, 2.75) is 20.3 Å². The van der Waals surface area contributed by atoms with E-state index in [1.807, 2.05) is 0 Å². The van der Waals surface area contributed by atoms with E-state index < -0.39 is 0 Å². The zero-order valence-electron chi connectivity index (χ0n) is 13.9. The minimum Gasteiger partial charge on any atom is -0.475 e. The first-order valence-corrected chi connectivity index (χ1v) is 7.43. The zero-order valence-corrected chi connectivity index (χ0v) is 13.9. The van der Waals surface area contributed by atoms with Gasteiger partial charge in [-0.1, -0.05) is 0 Å². The number of pyridine rings is 1. The van der Waals surface area contributed by atoms with Crippen LogP contribution in [0.2, 0.25) is 0 Å². The van der Waals surface area contributed by atoms with Gasteiger partial charge >= 0.3 is 0 Å². The largest absolute Gasteiger partial charge is 0.475 e. The topological polar surface area (TPSA) is 106 Å². The number of nitrogens with one attached hydrogen (secondary N) is 2. The predicted molar refractivity (Wildman–Crippen MR) is 88.3 cm³/mol. The molecular weight excluding hydrogens is 312 g/mol. The molecule has 0 saturated carbocycles. The maximum absolute atomic E-state index is 12.1. The molecule has 24 heavy (non-hydrogen) atoms. The third-order valence-electron chi connectivity index (χ3n) is 3.24. The number of aryl methyl sites for hydroxylation is 2. The molecule has 8 heteroatoms. The van der Waals surface area contributed by atoms with Gasteiger partial charge in [0.05, 0.1) is 24.9 Å². The van der Waals surface area contributed by atoms with Crippen LogP contribution in [0.1, 0.15) is 17.1 Å². The van der Waals surface area contributed by atoms with Crippen LogP contribution in [0.5, 0.6) is 5.88 Å². The van der Waals surface area contributed by atoms with E-state index in [-0.39, 0.29) is 17.9 Å². The van der Waals surface area contributed by atoms with Crippen molar-refractivity contribution in [2.24, 2.45) is 0 Å². The molecule has 0 spiro atoms. The van der Waals surface area contributed by atoms with Crippen LogP contribution in [0, 0.1) is 13.8 Å². The van der Waals surface area contributed by atoms with Crippen molar-refractivity contribution in [3.63, 3.8) is 0 Å². The van der Waals surface area contributed by atoms with Crippen molar-refractivity contribution in [3.8, 4) is 5.88 Å². The standard InChI is InChI=1S/C16H20N4O4/c1-10-13(16(22)19-11(2)18-10)8-14(21)20-12-4-5-15(17-9-12)24-7-6-23-3/h4-5,9H,6-8H2,1-3H3,(H,20,21)(H,18,19,22). The number of aromatic nitrogens is 3. The summed E-state index contributed by atoms with van der Waals surface area (Å²) in [5.41, 5.74) is 1.13. The molecular formula is C16H20N4O4. The molecule has 2 heterocycles. The monoisotopic (exact) mass is 332 g/mol. The number of rotatable bonds is 7. The fourth-order valence-corrected chi connectivity index (χ4v) is 2.09. The number of ether oxygens (including phenoxy) is 2. The second kappa shape index (κ2) is 8.21. The molecule has 0 unspecified atom stereocenters. The van der Waals surface area contributed by atoms with E-state index in [2.05, 4.69) is 20.3 Å². The number of carbonyl (C=O) groups excluding carboxylic acids is 1. The van der Waals surface area contributed by atoms with E-state index >= 15 is 0 Å². The highest BCUT2D eigenvalue weighted by molar-refractivity contribution is 5.92. The number of aromatic amines is 1. The van der Waals surface area contributed by atoms with Crippen LogP contribution in [-0.4, -0.2) is 41.2 Å². The van der Waals surface area contributed by atoms with Crippen LogP contribution in [0.3, 0.4) is 0 Å². The molecule has 2 aromatic rings. The summed E-state index contributed by atoms with van der Waals surface area (Å²) >= 11 is 0. The average Bonchev–Trinajstić information content (AvgIpc) is 2.53. The van der Waals surface area contributed by atoms with Gasteiger partial charge in [-0.15, -0.1) is 0 Å². The molecule has 0 atom stereocenters. The van der Waals surface area contributed by atoms with Crippen molar-refractivity contribution in [1.82, 2.24) is 15.0 Å². The molecule has 2 N–H and O–H groups in total. The molecule has 1 amide bonds. The van der Waals surface area contributed by atoms with Gasteiger partial charge < -0.3 is 19.8 Å². The Bertz CT molecular complexity index is 756. The fourth-order valence-electron chi connectivity index (χ4n) is 2.09. The van der Waals surface area contributed by atoms with Crippen molar-refractivity contribution in [3.05, 3.63) is 45.8 Å². The van der Waals surface area contributed by atoms with E-state index in [0.717, 1.165) is 0 Å². The molecule has 2 aromatic heterocycles. The van der Waals surface area contributed by atoms with Crippen molar-refractivity contribution in [1.29, 1.82) is 0 Å². The Morgan fingerprint density at radius 2 is 2.08 bits per heavy atom. The smallest absolute Gasteiger partial charge is 0.254 e. The molecule has 0 fully saturated rings. The van der Waals surface area contributed by atoms with Gasteiger partial charge in [0.1, 0.15) is 12.4 Å². The Morgan fingerprint density at radius 3 is 2.71 bits per heavy atom. The zero-order chi connectivity index (χ0) is 17.5. The van der Waals surface area contributed by atoms with Gasteiger partial charge in [0.25, 0.3) is 5.56 Å². The Morgan fingerprint density at radius 1 is 1.29 bits per heavy atom. The second-order valence-electron chi connectivity index (χ2n) is 5.17. The van der Waals surface area contributed by atoms with Gasteiger partial charge in [0.15, 0.2) is 0 Å². The highest BCUT2D eigenvalue weighted by atomic mass is 16.5. The number of methoxy groups -OCH3 is 1. The summed E-state index contributed by atoms with van der Waals surface area (Å²) in [6.07, 6.45) is 1.44. The third kappa shape index (κ3) is 4.88. The molecule has 8 nitrogen and oxygen atoms in total. The van der Waals surface area contributed by atoms with Gasteiger partial charge in [-0.2, -0.15) is 0 Å². The first kappa shape index (κ1) is 17.6. The number of amides is 1. The lowest BCUT2D eigenvalue weighted by Crippen LogP contribution is -2.24. The van der Waals surface area contributed by atoms with Crippen LogP contribution in [-0.2, 0) is 16.0 Å². The summed E-state index contributed by atoms with van der Waals surface area (Å²) in [5, 5.41) is 2.69. The summed E-state index contributed by atoms with van der Waals surface area (Å²) in [5.74, 6) is 0.652. The number of hydrogen-bond donors (Lipinski definition) is 2. The molecule has 0 saturated heterocycles. The summed E-state index contributed by atoms with van der Waals surface area (Å²) in [4.78, 5) is 34.9. The van der Waals surface area contributed by atoms with Crippen LogP contribution < -0.4 is 15.6 Å². The average molecular weight is 332 g/mol. The lowest BCUT2D eigenvalue weighted by Gasteiger charge is -2.08. The Kier molecular flexibility index (Phi) is 6.02. The Hall–Kier alpha value is -2.74. The minimum absolute atomic E-state index is 0.0550. The van der Waals surface area contributed by atoms with E-state index in [4.69, 9.17) is 9.47 Å². The minimum atomic E-state index is -0.316. The lowest BCUT2D eigenvalue weighted by molar-refractivity contribution is -0.115. The van der Waals surface area contributed by atoms with Crippen LogP contribution >= 0.6 is 0 Å². The van der Waals surface area contributed by atoms with E-state index in [1.54, 1.807) is 33.1 Å². The van der Waals surface area contributed by atoms with Crippen LogP contribution in [0.4, 0.5) is 5.69 Å². The fraction of sp³-hybridized carbons (Fsp3) is 0.375. The quantitative estimate of drug-likeness (QED) is 0.732. The number of anilines is 1. The summed E-state index contributed by atoms with van der Waals surface area (Å²) < 4.78 is 10.2. The van der Waals surface area contributed by atoms with Crippen LogP contribution in [0.25, 0.3) is 0 Å². The lowest BCUT2D eigenvalue weighted by atomic mass is 10.1. The third-order valence-corrected chi connectivity index (χ3v) is 3.24. The SMILES string of the molecule is COCCOc1ccc(NC(=O)Cc2c(C)nc(C)[nH]c2=O)cn1. The number of carbonyl (C=O) groups is 1. The van der Waals surface area contributed by atoms with Crippen LogP contribution in [0.15, 0.2) is 23.1 Å². The predicted octanol–water partition coefficient (Wildman–Crippen LogP) is 0.988. The summed E-state index contributed by atoms with van der Waals surface area (Å²) in [7, 11) is 1.59. The summed E-state index contributed by atoms with van der Waals surface area (Å²) in [6, 6.07) is 3.33. The summed E-state index contributed by atoms with van der Waals surface area (Å²) in [6.45, 7) is 4.27. The number of hydrogen-bond acceptors (Lipinski definition) is 6. The molecule has 0 radical (unpaired) electrons. The van der Waals surface area contributed by atoms with E-state index in [0.29, 0.717) is 41.9 Å². The molecule has 0 aliphatic carbocycles. The molecule has 0 aromatic carbocycles. The van der Waals surface area contributed by atoms with Gasteiger partial charge in [0, 0.05) is 24.4 Å². The Labute approximate surface area is 139 Å². The molecule has 128 valence electrons. The first-order valence-electron chi connectivity index (χ1n) is 7.43. The van der Waals surface area contributed by atoms with Crippen molar-refractivity contribution < 1.29 is 14.3 Å². The van der Waals surface area contributed by atoms with E-state index in [1.165, 1.54) is 6.20 Å². The highest BCUT2D eigenvalue weighted by Crippen LogP contribution is 2.12. The van der Waals surface area contributed by atoms with Crippen molar-refractivity contribution in [2.75, 3.05) is 25.6 Å². The van der Waals surface area contributed by atoms with Gasteiger partial charge in [-0.05, 0) is 19.9 Å². The van der Waals surface area contributed by atoms with E-state index in [9.17, 15) is 9.59 Å². The van der Waals surface area contributed by atoms with Gasteiger partial charge in [-0.3, -0.25) is 9.59 Å². The molecule has 0 bridgehead atoms. The Balaban J connectivity index is 1.96. The number of nitrogens with zero attached hydrogens (tertiary/aromatic N) is 2. The van der Waals surface area contributed by atoms with Gasteiger partial charge in [0.2, 0.25) is 11.8 Å². The normalized spacial score (nSPS) is 10.5. The highest BCUT2D eigenvalue weighted by Gasteiger charge is 2.12.